The zero-order chi connectivity index (χ0) is 22.3. The summed E-state index contributed by atoms with van der Waals surface area (Å²) in [5.41, 5.74) is 1.55. The monoisotopic (exact) mass is 441 g/mol. The molecule has 2 amide bonds. The molecule has 1 fully saturated rings. The zero-order valence-electron chi connectivity index (χ0n) is 17.0. The molecule has 1 aliphatic heterocycles. The van der Waals surface area contributed by atoms with E-state index >= 15 is 0 Å². The van der Waals surface area contributed by atoms with E-state index in [1.165, 1.54) is 26.2 Å². The Labute approximate surface area is 182 Å². The van der Waals surface area contributed by atoms with Gasteiger partial charge in [-0.1, -0.05) is 23.7 Å². The molecule has 1 aliphatic rings. The average molecular weight is 442 g/mol. The van der Waals surface area contributed by atoms with Gasteiger partial charge in [0.1, 0.15) is 11.8 Å². The van der Waals surface area contributed by atoms with Crippen molar-refractivity contribution >= 4 is 40.7 Å². The molecule has 3 aromatic rings. The Morgan fingerprint density at radius 1 is 1.13 bits per heavy atom. The molecule has 8 nitrogen and oxygen atoms in total. The zero-order valence-corrected chi connectivity index (χ0v) is 17.8. The quantitative estimate of drug-likeness (QED) is 0.448. The lowest BCUT2D eigenvalue weighted by Crippen LogP contribution is -2.47. The third-order valence-corrected chi connectivity index (χ3v) is 5.96. The molecule has 2 heterocycles. The molecule has 1 atom stereocenters. The third kappa shape index (κ3) is 3.53. The number of methoxy groups -OCH3 is 1. The first-order valence-electron chi connectivity index (χ1n) is 9.68. The second kappa shape index (κ2) is 8.03. The van der Waals surface area contributed by atoms with Crippen molar-refractivity contribution < 1.29 is 19.1 Å². The van der Waals surface area contributed by atoms with Gasteiger partial charge in [0.2, 0.25) is 5.91 Å². The minimum absolute atomic E-state index is 0.105. The largest absolute Gasteiger partial charge is 0.497 e. The summed E-state index contributed by atoms with van der Waals surface area (Å²) in [6.45, 7) is 0.105. The molecule has 0 N–H and O–H groups in total. The van der Waals surface area contributed by atoms with Crippen molar-refractivity contribution in [2.24, 2.45) is 7.05 Å². The summed E-state index contributed by atoms with van der Waals surface area (Å²) < 4.78 is 7.88. The van der Waals surface area contributed by atoms with Crippen molar-refractivity contribution in [1.29, 1.82) is 0 Å². The van der Waals surface area contributed by atoms with Crippen LogP contribution in [0.15, 0.2) is 41.2 Å². The number of ether oxygens (including phenoxy) is 1. The number of imidazole rings is 1. The molecular weight excluding hydrogens is 422 g/mol. The summed E-state index contributed by atoms with van der Waals surface area (Å²) in [5, 5.41) is 0.191. The number of carbonyl (C=O) groups excluding carboxylic acids is 3. The Balaban J connectivity index is 1.73. The van der Waals surface area contributed by atoms with Crippen LogP contribution in [0.25, 0.3) is 11.0 Å². The van der Waals surface area contributed by atoms with E-state index in [0.29, 0.717) is 23.1 Å². The van der Waals surface area contributed by atoms with Gasteiger partial charge in [-0.2, -0.15) is 0 Å². The number of aromatic nitrogens is 2. The lowest BCUT2D eigenvalue weighted by Gasteiger charge is -2.31. The Morgan fingerprint density at radius 2 is 1.84 bits per heavy atom. The van der Waals surface area contributed by atoms with E-state index in [-0.39, 0.29) is 35.9 Å². The van der Waals surface area contributed by atoms with E-state index in [1.54, 1.807) is 38.4 Å². The number of halogens is 1. The molecule has 160 valence electrons. The molecular formula is C22H20ClN3O5. The van der Waals surface area contributed by atoms with Gasteiger partial charge < -0.3 is 4.74 Å². The van der Waals surface area contributed by atoms with E-state index in [4.69, 9.17) is 16.3 Å². The maximum atomic E-state index is 13.3. The summed E-state index contributed by atoms with van der Waals surface area (Å²) in [6.07, 6.45) is 0.961. The van der Waals surface area contributed by atoms with Gasteiger partial charge in [-0.05, 0) is 36.2 Å². The normalized spacial score (nSPS) is 16.7. The Bertz CT molecular complexity index is 1260. The SMILES string of the molecule is COc1ccc(CN2C(=O)CCC(n3c(=O)n(C)c4cc(C=O)c(Cl)cc43)C2=O)cc1. The summed E-state index contributed by atoms with van der Waals surface area (Å²) in [5.74, 6) is -0.0596. The molecule has 0 radical (unpaired) electrons. The number of amides is 2. The molecule has 31 heavy (non-hydrogen) atoms. The van der Waals surface area contributed by atoms with Crippen LogP contribution in [0.5, 0.6) is 5.75 Å². The fourth-order valence-electron chi connectivity index (χ4n) is 3.93. The number of rotatable bonds is 5. The highest BCUT2D eigenvalue weighted by Crippen LogP contribution is 2.30. The molecule has 0 spiro atoms. The van der Waals surface area contributed by atoms with E-state index in [2.05, 4.69) is 0 Å². The molecule has 9 heteroatoms. The third-order valence-electron chi connectivity index (χ3n) is 5.63. The average Bonchev–Trinajstić information content (AvgIpc) is 3.00. The van der Waals surface area contributed by atoms with Crippen LogP contribution in [0.3, 0.4) is 0 Å². The van der Waals surface area contributed by atoms with Crippen molar-refractivity contribution in [1.82, 2.24) is 14.0 Å². The van der Waals surface area contributed by atoms with Gasteiger partial charge in [-0.25, -0.2) is 4.79 Å². The Hall–Kier alpha value is -3.39. The van der Waals surface area contributed by atoms with E-state index in [1.807, 2.05) is 0 Å². The number of imide groups is 1. The first-order chi connectivity index (χ1) is 14.8. The fourth-order valence-corrected chi connectivity index (χ4v) is 4.13. The molecule has 0 saturated carbocycles. The highest BCUT2D eigenvalue weighted by molar-refractivity contribution is 6.33. The van der Waals surface area contributed by atoms with Crippen LogP contribution in [0.2, 0.25) is 5.02 Å². The number of piperidine rings is 1. The number of likely N-dealkylation sites (tertiary alicyclic amines) is 1. The number of fused-ring (bicyclic) bond motifs is 1. The first kappa shape index (κ1) is 20.9. The molecule has 1 saturated heterocycles. The van der Waals surface area contributed by atoms with Crippen LogP contribution in [-0.4, -0.2) is 39.2 Å². The number of carbonyl (C=O) groups is 3. The maximum Gasteiger partial charge on any atom is 0.329 e. The van der Waals surface area contributed by atoms with Gasteiger partial charge in [0.05, 0.1) is 29.7 Å². The number of hydrogen-bond donors (Lipinski definition) is 0. The van der Waals surface area contributed by atoms with Crippen molar-refractivity contribution in [2.45, 2.75) is 25.4 Å². The smallest absolute Gasteiger partial charge is 0.329 e. The predicted octanol–water partition coefficient (Wildman–Crippen LogP) is 2.70. The van der Waals surface area contributed by atoms with Crippen molar-refractivity contribution in [2.75, 3.05) is 7.11 Å². The second-order valence-corrected chi connectivity index (χ2v) is 7.82. The van der Waals surface area contributed by atoms with E-state index in [9.17, 15) is 19.2 Å². The minimum atomic E-state index is -0.842. The standard InChI is InChI=1S/C22H20ClN3O5/c1-24-18-9-14(12-27)16(23)10-19(18)26(22(24)30)17-7-8-20(28)25(21(17)29)11-13-3-5-15(31-2)6-4-13/h3-6,9-10,12,17H,7-8,11H2,1-2H3. The van der Waals surface area contributed by atoms with Gasteiger partial charge in [0.15, 0.2) is 6.29 Å². The number of aldehydes is 1. The Kier molecular flexibility index (Phi) is 5.41. The van der Waals surface area contributed by atoms with Gasteiger partial charge in [0, 0.05) is 19.0 Å². The second-order valence-electron chi connectivity index (χ2n) is 7.41. The van der Waals surface area contributed by atoms with Crippen LogP contribution in [0, 0.1) is 0 Å². The lowest BCUT2D eigenvalue weighted by atomic mass is 10.0. The molecule has 0 bridgehead atoms. The molecule has 1 unspecified atom stereocenters. The van der Waals surface area contributed by atoms with Crippen molar-refractivity contribution in [3.8, 4) is 5.75 Å². The van der Waals surface area contributed by atoms with Crippen LogP contribution >= 0.6 is 11.6 Å². The number of hydrogen-bond acceptors (Lipinski definition) is 5. The highest BCUT2D eigenvalue weighted by atomic mass is 35.5. The summed E-state index contributed by atoms with van der Waals surface area (Å²) in [7, 11) is 3.13. The van der Waals surface area contributed by atoms with Crippen molar-refractivity contribution in [3.63, 3.8) is 0 Å². The molecule has 0 aliphatic carbocycles. The fraction of sp³-hybridized carbons (Fsp3) is 0.273. The van der Waals surface area contributed by atoms with Crippen LogP contribution in [0.1, 0.15) is 34.8 Å². The summed E-state index contributed by atoms with van der Waals surface area (Å²) in [4.78, 5) is 51.2. The number of nitrogens with zero attached hydrogens (tertiary/aromatic N) is 3. The summed E-state index contributed by atoms with van der Waals surface area (Å²) >= 11 is 6.18. The van der Waals surface area contributed by atoms with Crippen molar-refractivity contribution in [3.05, 3.63) is 63.0 Å². The summed E-state index contributed by atoms with van der Waals surface area (Å²) in [6, 6.07) is 9.28. The van der Waals surface area contributed by atoms with Crippen LogP contribution in [-0.2, 0) is 23.2 Å². The van der Waals surface area contributed by atoms with Gasteiger partial charge >= 0.3 is 5.69 Å². The van der Waals surface area contributed by atoms with Gasteiger partial charge in [-0.3, -0.25) is 28.4 Å². The van der Waals surface area contributed by atoms with Crippen LogP contribution < -0.4 is 10.4 Å². The number of aryl methyl sites for hydroxylation is 1. The van der Waals surface area contributed by atoms with E-state index in [0.717, 1.165) is 5.56 Å². The maximum absolute atomic E-state index is 13.3. The lowest BCUT2D eigenvalue weighted by molar-refractivity contribution is -0.151. The molecule has 1 aromatic heterocycles. The topological polar surface area (TPSA) is 90.6 Å². The first-order valence-corrected chi connectivity index (χ1v) is 10.1. The minimum Gasteiger partial charge on any atom is -0.497 e. The molecule has 2 aromatic carbocycles. The van der Waals surface area contributed by atoms with E-state index < -0.39 is 17.6 Å². The van der Waals surface area contributed by atoms with Gasteiger partial charge in [0.25, 0.3) is 5.91 Å². The molecule has 4 rings (SSSR count). The highest BCUT2D eigenvalue weighted by Gasteiger charge is 2.37. The Morgan fingerprint density at radius 3 is 2.48 bits per heavy atom. The van der Waals surface area contributed by atoms with Gasteiger partial charge in [-0.15, -0.1) is 0 Å². The predicted molar refractivity (Wildman–Crippen MR) is 114 cm³/mol. The number of benzene rings is 2. The van der Waals surface area contributed by atoms with Crippen LogP contribution in [0.4, 0.5) is 0 Å².